The van der Waals surface area contributed by atoms with Gasteiger partial charge in [-0.1, -0.05) is 42.6 Å². The first-order valence-electron chi connectivity index (χ1n) is 7.91. The van der Waals surface area contributed by atoms with Crippen molar-refractivity contribution in [3.8, 4) is 0 Å². The molecule has 1 fully saturated rings. The molecule has 130 valence electrons. The Morgan fingerprint density at radius 1 is 1.17 bits per heavy atom. The predicted molar refractivity (Wildman–Crippen MR) is 94.2 cm³/mol. The summed E-state index contributed by atoms with van der Waals surface area (Å²) >= 11 is 3.31. The highest BCUT2D eigenvalue weighted by Gasteiger charge is 2.50. The number of hydrogen-bond donors (Lipinski definition) is 3. The minimum Gasteiger partial charge on any atom is -0.322 e. The van der Waals surface area contributed by atoms with Crippen LogP contribution < -0.4 is 16.1 Å². The van der Waals surface area contributed by atoms with E-state index in [0.717, 1.165) is 22.3 Å². The number of benzene rings is 1. The van der Waals surface area contributed by atoms with Gasteiger partial charge in [-0.05, 0) is 37.1 Å². The lowest BCUT2D eigenvalue weighted by molar-refractivity contribution is -0.133. The zero-order chi connectivity index (χ0) is 17.7. The molecule has 1 aromatic carbocycles. The first-order valence-corrected chi connectivity index (χ1v) is 8.71. The number of imide groups is 1. The number of urea groups is 2. The lowest BCUT2D eigenvalue weighted by Crippen LogP contribution is -2.51. The molecule has 3 N–H and O–H groups in total. The lowest BCUT2D eigenvalue weighted by atomic mass is 9.89. The van der Waals surface area contributed by atoms with Gasteiger partial charge in [0, 0.05) is 10.2 Å². The van der Waals surface area contributed by atoms with E-state index in [4.69, 9.17) is 0 Å². The van der Waals surface area contributed by atoms with Crippen LogP contribution in [0.2, 0.25) is 0 Å². The summed E-state index contributed by atoms with van der Waals surface area (Å²) in [5.74, 6) is -0.415. The number of nitrogens with one attached hydrogen (secondary N) is 3. The predicted octanol–water partition coefficient (Wildman–Crippen LogP) is 3.38. The van der Waals surface area contributed by atoms with Gasteiger partial charge in [-0.2, -0.15) is 5.01 Å². The molecular weight excluding hydrogens is 376 g/mol. The van der Waals surface area contributed by atoms with Gasteiger partial charge in [-0.15, -0.1) is 0 Å². The van der Waals surface area contributed by atoms with Gasteiger partial charge >= 0.3 is 12.1 Å². The van der Waals surface area contributed by atoms with Crippen LogP contribution in [-0.2, 0) is 4.79 Å². The fraction of sp³-hybridized carbons (Fsp3) is 0.438. The molecule has 2 rings (SSSR count). The summed E-state index contributed by atoms with van der Waals surface area (Å²) in [5, 5.41) is 6.08. The number of carbonyl (C=O) groups is 3. The van der Waals surface area contributed by atoms with E-state index in [2.05, 4.69) is 32.0 Å². The van der Waals surface area contributed by atoms with Gasteiger partial charge in [0.25, 0.3) is 5.91 Å². The van der Waals surface area contributed by atoms with E-state index in [0.29, 0.717) is 18.5 Å². The van der Waals surface area contributed by atoms with Crippen LogP contribution in [0.3, 0.4) is 0 Å². The van der Waals surface area contributed by atoms with Crippen molar-refractivity contribution in [2.24, 2.45) is 0 Å². The highest BCUT2D eigenvalue weighted by Crippen LogP contribution is 2.27. The van der Waals surface area contributed by atoms with E-state index in [1.165, 1.54) is 0 Å². The van der Waals surface area contributed by atoms with Crippen molar-refractivity contribution in [3.63, 3.8) is 0 Å². The van der Waals surface area contributed by atoms with Gasteiger partial charge < -0.3 is 10.6 Å². The summed E-state index contributed by atoms with van der Waals surface area (Å²) in [5.41, 5.74) is 1.95. The minimum atomic E-state index is -0.925. The normalized spacial score (nSPS) is 16.0. The summed E-state index contributed by atoms with van der Waals surface area (Å²) in [6.07, 6.45) is 2.59. The molecular formula is C16H21BrN4O3. The molecule has 24 heavy (non-hydrogen) atoms. The molecule has 1 aliphatic heterocycles. The van der Waals surface area contributed by atoms with Crippen molar-refractivity contribution in [1.82, 2.24) is 15.8 Å². The number of halogens is 1. The standard InChI is InChI=1S/C16H21BrN4O3/c1-3-9-16(10-4-2)13(22)21(15(24)19-16)20-14(23)18-12-7-5-11(17)6-8-12/h5-8H,3-4,9-10H2,1-2H3,(H,19,24)(H2,18,20,23). The Labute approximate surface area is 149 Å². The Morgan fingerprint density at radius 3 is 2.29 bits per heavy atom. The number of rotatable bonds is 6. The smallest absolute Gasteiger partial charge is 0.322 e. The van der Waals surface area contributed by atoms with Crippen LogP contribution >= 0.6 is 15.9 Å². The Kier molecular flexibility index (Phi) is 5.82. The average Bonchev–Trinajstić information content (AvgIpc) is 2.75. The number of carbonyl (C=O) groups excluding carboxylic acids is 3. The van der Waals surface area contributed by atoms with E-state index >= 15 is 0 Å². The van der Waals surface area contributed by atoms with Crippen molar-refractivity contribution < 1.29 is 14.4 Å². The maximum absolute atomic E-state index is 12.6. The summed E-state index contributed by atoms with van der Waals surface area (Å²) < 4.78 is 0.881. The molecule has 0 aliphatic carbocycles. The number of hydrazine groups is 1. The molecule has 1 aliphatic rings. The van der Waals surface area contributed by atoms with Gasteiger partial charge in [0.2, 0.25) is 0 Å². The van der Waals surface area contributed by atoms with E-state index < -0.39 is 23.5 Å². The van der Waals surface area contributed by atoms with Crippen LogP contribution in [0.1, 0.15) is 39.5 Å². The average molecular weight is 397 g/mol. The van der Waals surface area contributed by atoms with Crippen molar-refractivity contribution in [2.45, 2.75) is 45.1 Å². The van der Waals surface area contributed by atoms with Crippen molar-refractivity contribution >= 4 is 39.6 Å². The topological polar surface area (TPSA) is 90.5 Å². The SMILES string of the molecule is CCCC1(CCC)NC(=O)N(NC(=O)Nc2ccc(Br)cc2)C1=O. The third-order valence-corrected chi connectivity index (χ3v) is 4.36. The second kappa shape index (κ2) is 7.65. The molecule has 0 bridgehead atoms. The monoisotopic (exact) mass is 396 g/mol. The second-order valence-corrected chi connectivity index (χ2v) is 6.64. The molecule has 1 heterocycles. The molecule has 0 unspecified atom stereocenters. The zero-order valence-corrected chi connectivity index (χ0v) is 15.3. The summed E-state index contributed by atoms with van der Waals surface area (Å²) in [4.78, 5) is 36.8. The maximum Gasteiger partial charge on any atom is 0.344 e. The zero-order valence-electron chi connectivity index (χ0n) is 13.7. The quantitative estimate of drug-likeness (QED) is 0.643. The van der Waals surface area contributed by atoms with Crippen molar-refractivity contribution in [3.05, 3.63) is 28.7 Å². The summed E-state index contributed by atoms with van der Waals surface area (Å²) in [6, 6.07) is 5.70. The lowest BCUT2D eigenvalue weighted by Gasteiger charge is -2.25. The number of amides is 5. The van der Waals surface area contributed by atoms with Crippen LogP contribution in [0.15, 0.2) is 28.7 Å². The molecule has 1 aromatic rings. The highest BCUT2D eigenvalue weighted by molar-refractivity contribution is 9.10. The first kappa shape index (κ1) is 18.3. The molecule has 7 nitrogen and oxygen atoms in total. The largest absolute Gasteiger partial charge is 0.344 e. The summed E-state index contributed by atoms with van der Waals surface area (Å²) in [6.45, 7) is 3.90. The van der Waals surface area contributed by atoms with Crippen LogP contribution in [-0.4, -0.2) is 28.5 Å². The maximum atomic E-state index is 12.6. The van der Waals surface area contributed by atoms with Crippen LogP contribution in [0.4, 0.5) is 15.3 Å². The fourth-order valence-corrected chi connectivity index (χ4v) is 3.10. The Hall–Kier alpha value is -2.09. The molecule has 8 heteroatoms. The van der Waals surface area contributed by atoms with Gasteiger partial charge in [0.1, 0.15) is 5.54 Å². The molecule has 0 saturated carbocycles. The molecule has 0 atom stereocenters. The Balaban J connectivity index is 2.05. The molecule has 0 aromatic heterocycles. The van der Waals surface area contributed by atoms with Crippen molar-refractivity contribution in [2.75, 3.05) is 5.32 Å². The Morgan fingerprint density at radius 2 is 1.75 bits per heavy atom. The number of hydrogen-bond acceptors (Lipinski definition) is 3. The van der Waals surface area contributed by atoms with E-state index in [1.54, 1.807) is 24.3 Å². The van der Waals surface area contributed by atoms with Crippen LogP contribution in [0.25, 0.3) is 0 Å². The Bertz CT molecular complexity index is 627. The molecule has 5 amide bonds. The number of nitrogens with zero attached hydrogens (tertiary/aromatic N) is 1. The molecule has 0 spiro atoms. The molecule has 1 saturated heterocycles. The first-order chi connectivity index (χ1) is 11.4. The van der Waals surface area contributed by atoms with E-state index in [9.17, 15) is 14.4 Å². The van der Waals surface area contributed by atoms with Gasteiger partial charge in [-0.3, -0.25) is 4.79 Å². The van der Waals surface area contributed by atoms with Gasteiger partial charge in [0.15, 0.2) is 0 Å². The third-order valence-electron chi connectivity index (χ3n) is 3.83. The van der Waals surface area contributed by atoms with Gasteiger partial charge in [0.05, 0.1) is 0 Å². The fourth-order valence-electron chi connectivity index (χ4n) is 2.83. The van der Waals surface area contributed by atoms with Crippen LogP contribution in [0.5, 0.6) is 0 Å². The van der Waals surface area contributed by atoms with Gasteiger partial charge in [-0.25, -0.2) is 15.0 Å². The minimum absolute atomic E-state index is 0.415. The second-order valence-electron chi connectivity index (χ2n) is 5.73. The van der Waals surface area contributed by atoms with Crippen molar-refractivity contribution in [1.29, 1.82) is 0 Å². The van der Waals surface area contributed by atoms with Crippen LogP contribution in [0, 0.1) is 0 Å². The highest BCUT2D eigenvalue weighted by atomic mass is 79.9. The summed E-state index contributed by atoms with van der Waals surface area (Å²) in [7, 11) is 0. The third kappa shape index (κ3) is 3.87. The van der Waals surface area contributed by atoms with E-state index in [-0.39, 0.29) is 0 Å². The molecule has 0 radical (unpaired) electrons. The number of anilines is 1. The van der Waals surface area contributed by atoms with E-state index in [1.807, 2.05) is 13.8 Å².